The molecule has 0 spiro atoms. The first kappa shape index (κ1) is 11.0. The molecule has 0 aromatic rings. The fraction of sp³-hybridized carbons (Fsp3) is 0.429. The number of rotatable bonds is 4. The van der Waals surface area contributed by atoms with Crippen molar-refractivity contribution in [2.45, 2.75) is 13.8 Å². The van der Waals surface area contributed by atoms with Crippen molar-refractivity contribution >= 4 is 10.0 Å². The summed E-state index contributed by atoms with van der Waals surface area (Å²) in [4.78, 5) is 0. The third kappa shape index (κ3) is 2.96. The van der Waals surface area contributed by atoms with E-state index in [-0.39, 0.29) is 5.75 Å². The van der Waals surface area contributed by atoms with Gasteiger partial charge in [0, 0.05) is 18.6 Å². The summed E-state index contributed by atoms with van der Waals surface area (Å²) in [6, 6.07) is 0. The lowest BCUT2D eigenvalue weighted by atomic mass is 10.7. The molecule has 12 heavy (non-hydrogen) atoms. The topological polar surface area (TPSA) is 63.4 Å². The Morgan fingerprint density at radius 3 is 2.33 bits per heavy atom. The van der Waals surface area contributed by atoms with Crippen molar-refractivity contribution in [3.8, 4) is 0 Å². The van der Waals surface area contributed by atoms with Crippen LogP contribution in [-0.2, 0) is 10.0 Å². The minimum absolute atomic E-state index is 0.0572. The number of allylic oxidation sites excluding steroid dienone is 1. The van der Waals surface area contributed by atoms with E-state index in [0.29, 0.717) is 0 Å². The predicted octanol–water partition coefficient (Wildman–Crippen LogP) is 0.602. The number of nitrogens with zero attached hydrogens (tertiary/aromatic N) is 1. The number of hydrogen-bond acceptors (Lipinski definition) is 3. The molecule has 0 unspecified atom stereocenters. The van der Waals surface area contributed by atoms with E-state index in [9.17, 15) is 8.42 Å². The Morgan fingerprint density at radius 2 is 2.00 bits per heavy atom. The van der Waals surface area contributed by atoms with Crippen LogP contribution in [0.2, 0.25) is 0 Å². The molecule has 0 aliphatic rings. The van der Waals surface area contributed by atoms with Gasteiger partial charge in [-0.05, 0) is 13.8 Å². The standard InChI is InChI=1S/C7H14N2O2S/c1-3-6-9(7-5-8)12(10,11)4-2/h3,5-7H,4,8H2,1-2H3/b6-3-,7-5-. The molecule has 0 bridgehead atoms. The lowest BCUT2D eigenvalue weighted by Gasteiger charge is -2.13. The zero-order chi connectivity index (χ0) is 9.61. The molecule has 0 fully saturated rings. The van der Waals surface area contributed by atoms with Crippen molar-refractivity contribution in [2.75, 3.05) is 5.75 Å². The largest absolute Gasteiger partial charge is 0.403 e. The first-order valence-corrected chi connectivity index (χ1v) is 5.21. The molecule has 0 atom stereocenters. The maximum absolute atomic E-state index is 11.2. The van der Waals surface area contributed by atoms with Gasteiger partial charge in [0.1, 0.15) is 0 Å². The van der Waals surface area contributed by atoms with Crippen LogP contribution in [0, 0.1) is 0 Å². The lowest BCUT2D eigenvalue weighted by molar-refractivity contribution is 0.553. The predicted molar refractivity (Wildman–Crippen MR) is 49.4 cm³/mol. The molecule has 4 nitrogen and oxygen atoms in total. The molecule has 0 aromatic heterocycles. The van der Waals surface area contributed by atoms with Crippen molar-refractivity contribution in [3.63, 3.8) is 0 Å². The average Bonchev–Trinajstić information content (AvgIpc) is 2.04. The Kier molecular flexibility index (Phi) is 4.43. The zero-order valence-electron chi connectivity index (χ0n) is 7.27. The fourth-order valence-electron chi connectivity index (χ4n) is 0.616. The molecule has 0 amide bonds. The van der Waals surface area contributed by atoms with Crippen molar-refractivity contribution < 1.29 is 8.42 Å². The van der Waals surface area contributed by atoms with Gasteiger partial charge in [-0.25, -0.2) is 8.42 Å². The zero-order valence-corrected chi connectivity index (χ0v) is 8.08. The summed E-state index contributed by atoms with van der Waals surface area (Å²) in [5.74, 6) is 0.0572. The van der Waals surface area contributed by atoms with Crippen LogP contribution in [-0.4, -0.2) is 18.5 Å². The first-order valence-electron chi connectivity index (χ1n) is 3.61. The Labute approximate surface area is 73.4 Å². The third-order valence-corrected chi connectivity index (χ3v) is 2.83. The highest BCUT2D eigenvalue weighted by atomic mass is 32.2. The van der Waals surface area contributed by atoms with Gasteiger partial charge in [0.05, 0.1) is 5.75 Å². The van der Waals surface area contributed by atoms with Crippen LogP contribution in [0.5, 0.6) is 0 Å². The molecule has 0 aromatic carbocycles. The summed E-state index contributed by atoms with van der Waals surface area (Å²) >= 11 is 0. The summed E-state index contributed by atoms with van der Waals surface area (Å²) in [6.45, 7) is 3.32. The molecule has 0 heterocycles. The van der Waals surface area contributed by atoms with Gasteiger partial charge in [-0.15, -0.1) is 0 Å². The van der Waals surface area contributed by atoms with E-state index >= 15 is 0 Å². The van der Waals surface area contributed by atoms with E-state index in [1.165, 1.54) is 18.6 Å². The van der Waals surface area contributed by atoms with E-state index in [1.807, 2.05) is 0 Å². The van der Waals surface area contributed by atoms with Crippen LogP contribution in [0.1, 0.15) is 13.8 Å². The van der Waals surface area contributed by atoms with Crippen molar-refractivity contribution in [2.24, 2.45) is 5.73 Å². The van der Waals surface area contributed by atoms with E-state index in [1.54, 1.807) is 19.9 Å². The molecule has 0 aliphatic heterocycles. The van der Waals surface area contributed by atoms with Gasteiger partial charge in [0.15, 0.2) is 0 Å². The Balaban J connectivity index is 4.75. The van der Waals surface area contributed by atoms with Crippen LogP contribution >= 0.6 is 0 Å². The van der Waals surface area contributed by atoms with Gasteiger partial charge in [0.25, 0.3) is 0 Å². The highest BCUT2D eigenvalue weighted by Gasteiger charge is 2.11. The molecule has 2 N–H and O–H groups in total. The maximum atomic E-state index is 11.2. The van der Waals surface area contributed by atoms with Crippen LogP contribution in [0.3, 0.4) is 0 Å². The van der Waals surface area contributed by atoms with Gasteiger partial charge < -0.3 is 5.73 Å². The molecular weight excluding hydrogens is 176 g/mol. The van der Waals surface area contributed by atoms with Crippen LogP contribution in [0.15, 0.2) is 24.7 Å². The quantitative estimate of drug-likeness (QED) is 0.706. The second-order valence-corrected chi connectivity index (χ2v) is 4.22. The molecule has 0 rings (SSSR count). The molecule has 0 saturated carbocycles. The summed E-state index contributed by atoms with van der Waals surface area (Å²) in [5.41, 5.74) is 5.09. The summed E-state index contributed by atoms with van der Waals surface area (Å²) < 4.78 is 23.6. The SMILES string of the molecule is C/C=C\N(/C=C\N)S(=O)(=O)CC. The molecule has 0 radical (unpaired) electrons. The van der Waals surface area contributed by atoms with Gasteiger partial charge >= 0.3 is 0 Å². The van der Waals surface area contributed by atoms with Gasteiger partial charge in [-0.2, -0.15) is 0 Å². The van der Waals surface area contributed by atoms with Crippen LogP contribution in [0.25, 0.3) is 0 Å². The minimum atomic E-state index is -3.20. The highest BCUT2D eigenvalue weighted by molar-refractivity contribution is 7.89. The van der Waals surface area contributed by atoms with Crippen LogP contribution in [0.4, 0.5) is 0 Å². The molecule has 0 aliphatic carbocycles. The summed E-state index contributed by atoms with van der Waals surface area (Å²) in [7, 11) is -3.20. The normalized spacial score (nSPS) is 12.8. The lowest BCUT2D eigenvalue weighted by Crippen LogP contribution is -2.22. The summed E-state index contributed by atoms with van der Waals surface area (Å²) in [6.07, 6.45) is 5.57. The maximum Gasteiger partial charge on any atom is 0.238 e. The average molecular weight is 190 g/mol. The van der Waals surface area contributed by atoms with E-state index in [2.05, 4.69) is 0 Å². The summed E-state index contributed by atoms with van der Waals surface area (Å²) in [5, 5.41) is 0. The second kappa shape index (κ2) is 4.82. The van der Waals surface area contributed by atoms with Crippen molar-refractivity contribution in [1.82, 2.24) is 4.31 Å². The van der Waals surface area contributed by atoms with E-state index in [4.69, 9.17) is 5.73 Å². The van der Waals surface area contributed by atoms with E-state index < -0.39 is 10.0 Å². The molecule has 5 heteroatoms. The van der Waals surface area contributed by atoms with Crippen molar-refractivity contribution in [3.05, 3.63) is 24.7 Å². The number of hydrogen-bond donors (Lipinski definition) is 1. The minimum Gasteiger partial charge on any atom is -0.403 e. The Bertz CT molecular complexity index is 255. The second-order valence-electron chi connectivity index (χ2n) is 2.05. The number of nitrogens with two attached hydrogens (primary N) is 1. The fourth-order valence-corrected chi connectivity index (χ4v) is 1.48. The Morgan fingerprint density at radius 1 is 1.42 bits per heavy atom. The van der Waals surface area contributed by atoms with Crippen molar-refractivity contribution in [1.29, 1.82) is 0 Å². The number of sulfonamides is 1. The van der Waals surface area contributed by atoms with Gasteiger partial charge in [-0.3, -0.25) is 4.31 Å². The third-order valence-electron chi connectivity index (χ3n) is 1.21. The van der Waals surface area contributed by atoms with Gasteiger partial charge in [-0.1, -0.05) is 6.08 Å². The first-order chi connectivity index (χ1) is 5.58. The monoisotopic (exact) mass is 190 g/mol. The van der Waals surface area contributed by atoms with Gasteiger partial charge in [0.2, 0.25) is 10.0 Å². The van der Waals surface area contributed by atoms with Crippen LogP contribution < -0.4 is 5.73 Å². The highest BCUT2D eigenvalue weighted by Crippen LogP contribution is 2.02. The molecular formula is C7H14N2O2S. The van der Waals surface area contributed by atoms with E-state index in [0.717, 1.165) is 4.31 Å². The molecule has 0 saturated heterocycles. The Hall–Kier alpha value is -0.970. The smallest absolute Gasteiger partial charge is 0.238 e. The molecule has 70 valence electrons.